The minimum atomic E-state index is -5.42. The van der Waals surface area contributed by atoms with Gasteiger partial charge in [0.1, 0.15) is 11.3 Å². The Balaban J connectivity index is 1.33. The third-order valence-corrected chi connectivity index (χ3v) is 10.4. The van der Waals surface area contributed by atoms with Crippen LogP contribution in [-0.2, 0) is 19.9 Å². The monoisotopic (exact) mass is 545 g/mol. The molecule has 2 aromatic heterocycles. The number of benzene rings is 2. The Morgan fingerprint density at radius 3 is 2.51 bits per heavy atom. The first-order valence-electron chi connectivity index (χ1n) is 10.3. The number of anilines is 1. The number of hydrogen-bond donors (Lipinski definition) is 1. The van der Waals surface area contributed by atoms with Crippen molar-refractivity contribution in [2.24, 2.45) is 0 Å². The van der Waals surface area contributed by atoms with Crippen molar-refractivity contribution in [1.82, 2.24) is 9.29 Å². The van der Waals surface area contributed by atoms with Gasteiger partial charge in [-0.2, -0.15) is 17.5 Å². The molecule has 0 amide bonds. The molecule has 0 radical (unpaired) electrons. The number of sulfone groups is 1. The smallest absolute Gasteiger partial charge is 0.459 e. The van der Waals surface area contributed by atoms with Crippen LogP contribution in [0.1, 0.15) is 18.7 Å². The lowest BCUT2D eigenvalue weighted by atomic mass is 10.2. The van der Waals surface area contributed by atoms with Crippen LogP contribution >= 0.6 is 11.3 Å². The second-order valence-electron chi connectivity index (χ2n) is 8.14. The molecule has 2 aromatic carbocycles. The molecule has 0 spiro atoms. The lowest BCUT2D eigenvalue weighted by molar-refractivity contribution is -0.0455. The molecule has 1 fully saturated rings. The molecule has 1 aliphatic heterocycles. The van der Waals surface area contributed by atoms with Gasteiger partial charge < -0.3 is 9.73 Å². The van der Waals surface area contributed by atoms with Gasteiger partial charge in [-0.1, -0.05) is 29.5 Å². The predicted octanol–water partition coefficient (Wildman–Crippen LogP) is 4.52. The van der Waals surface area contributed by atoms with E-state index in [0.29, 0.717) is 21.1 Å². The molecule has 0 aliphatic carbocycles. The van der Waals surface area contributed by atoms with Gasteiger partial charge in [0.05, 0.1) is 26.4 Å². The molecule has 1 N–H and O–H groups in total. The highest BCUT2D eigenvalue weighted by molar-refractivity contribution is 7.93. The van der Waals surface area contributed by atoms with Crippen LogP contribution in [0.15, 0.2) is 57.8 Å². The van der Waals surface area contributed by atoms with Gasteiger partial charge in [-0.05, 0) is 37.3 Å². The van der Waals surface area contributed by atoms with Crippen LogP contribution in [0.3, 0.4) is 0 Å². The quantitative estimate of drug-likeness (QED) is 0.379. The van der Waals surface area contributed by atoms with Gasteiger partial charge in [-0.15, -0.1) is 0 Å². The third kappa shape index (κ3) is 4.17. The van der Waals surface area contributed by atoms with E-state index in [1.165, 1.54) is 23.5 Å². The van der Waals surface area contributed by atoms with E-state index in [4.69, 9.17) is 4.42 Å². The number of aromatic nitrogens is 1. The molecule has 14 heteroatoms. The highest BCUT2D eigenvalue weighted by Crippen LogP contribution is 2.36. The average Bonchev–Trinajstić information content (AvgIpc) is 3.34. The first-order chi connectivity index (χ1) is 16.4. The van der Waals surface area contributed by atoms with Crippen molar-refractivity contribution in [3.63, 3.8) is 0 Å². The fourth-order valence-corrected chi connectivity index (χ4v) is 7.54. The topological polar surface area (TPSA) is 110 Å². The number of para-hydroxylation sites is 1. The van der Waals surface area contributed by atoms with Crippen molar-refractivity contribution >= 4 is 57.5 Å². The zero-order chi connectivity index (χ0) is 25.2. The Kier molecular flexibility index (Phi) is 5.62. The van der Waals surface area contributed by atoms with E-state index in [2.05, 4.69) is 10.3 Å². The maximum atomic E-state index is 12.8. The van der Waals surface area contributed by atoms with E-state index in [0.717, 1.165) is 15.3 Å². The molecular weight excluding hydrogens is 527 g/mol. The third-order valence-electron chi connectivity index (χ3n) is 5.78. The molecule has 8 nitrogen and oxygen atoms in total. The Bertz CT molecular complexity index is 1610. The second-order valence-corrected chi connectivity index (χ2v) is 13.3. The van der Waals surface area contributed by atoms with Gasteiger partial charge >= 0.3 is 5.51 Å². The van der Waals surface area contributed by atoms with Crippen molar-refractivity contribution in [2.75, 3.05) is 18.4 Å². The van der Waals surface area contributed by atoms with E-state index in [-0.39, 0.29) is 10.9 Å². The zero-order valence-corrected chi connectivity index (χ0v) is 20.4. The fourth-order valence-electron chi connectivity index (χ4n) is 3.73. The van der Waals surface area contributed by atoms with Crippen molar-refractivity contribution in [3.05, 3.63) is 54.3 Å². The molecule has 0 unspecified atom stereocenters. The van der Waals surface area contributed by atoms with Crippen LogP contribution in [0.2, 0.25) is 0 Å². The second kappa shape index (κ2) is 8.18. The Morgan fingerprint density at radius 1 is 1.11 bits per heavy atom. The molecule has 35 heavy (non-hydrogen) atoms. The highest BCUT2D eigenvalue weighted by atomic mass is 32.2. The van der Waals surface area contributed by atoms with Gasteiger partial charge in [0.15, 0.2) is 5.13 Å². The standard InChI is InChI=1S/C21H18F3N3O5S3/c1-12(18-8-13-4-2-3-5-17(13)32-18)25-20-26-16-9-14(6-7-19(16)33-20)35(30,31)27-10-15(11-27)34(28,29)21(22,23)24/h2-9,12,15H,10-11H2,1H3,(H,25,26)/t12-/m1/s1. The van der Waals surface area contributed by atoms with Crippen molar-refractivity contribution in [3.8, 4) is 0 Å². The zero-order valence-electron chi connectivity index (χ0n) is 18.0. The van der Waals surface area contributed by atoms with Crippen LogP contribution in [0.5, 0.6) is 0 Å². The average molecular weight is 546 g/mol. The molecule has 1 atom stereocenters. The molecule has 5 rings (SSSR count). The molecule has 4 aromatic rings. The summed E-state index contributed by atoms with van der Waals surface area (Å²) in [6.45, 7) is 0.400. The summed E-state index contributed by atoms with van der Waals surface area (Å²) in [5.41, 5.74) is -4.28. The maximum absolute atomic E-state index is 12.8. The summed E-state index contributed by atoms with van der Waals surface area (Å²) >= 11 is 1.30. The number of nitrogens with zero attached hydrogens (tertiary/aromatic N) is 2. The number of halogens is 3. The van der Waals surface area contributed by atoms with Gasteiger partial charge in [-0.25, -0.2) is 21.8 Å². The number of furan rings is 1. The number of nitrogens with one attached hydrogen (secondary N) is 1. The SMILES string of the molecule is C[C@@H](Nc1nc2cc(S(=O)(=O)N3CC(S(=O)(=O)C(F)(F)F)C3)ccc2s1)c1cc2ccccc2o1. The van der Waals surface area contributed by atoms with Gasteiger partial charge in [-0.3, -0.25) is 0 Å². The predicted molar refractivity (Wildman–Crippen MR) is 125 cm³/mol. The lowest BCUT2D eigenvalue weighted by Gasteiger charge is -2.37. The minimum Gasteiger partial charge on any atom is -0.459 e. The normalized spacial score (nSPS) is 17.0. The number of sulfonamides is 1. The Hall–Kier alpha value is -2.68. The van der Waals surface area contributed by atoms with Crippen LogP contribution in [0, 0.1) is 0 Å². The summed E-state index contributed by atoms with van der Waals surface area (Å²) in [6, 6.07) is 13.5. The summed E-state index contributed by atoms with van der Waals surface area (Å²) in [7, 11) is -9.60. The lowest BCUT2D eigenvalue weighted by Crippen LogP contribution is -2.59. The van der Waals surface area contributed by atoms with E-state index in [1.54, 1.807) is 6.07 Å². The van der Waals surface area contributed by atoms with Gasteiger partial charge in [0, 0.05) is 18.5 Å². The summed E-state index contributed by atoms with van der Waals surface area (Å²) in [4.78, 5) is 4.26. The molecule has 186 valence electrons. The fraction of sp³-hybridized carbons (Fsp3) is 0.286. The van der Waals surface area contributed by atoms with Crippen LogP contribution < -0.4 is 5.32 Å². The van der Waals surface area contributed by atoms with E-state index >= 15 is 0 Å². The Labute approximate surface area is 202 Å². The molecule has 1 saturated heterocycles. The van der Waals surface area contributed by atoms with Gasteiger partial charge in [0.25, 0.3) is 9.84 Å². The number of hydrogen-bond acceptors (Lipinski definition) is 8. The van der Waals surface area contributed by atoms with E-state index < -0.39 is 43.7 Å². The molecule has 0 bridgehead atoms. The molecule has 0 saturated carbocycles. The van der Waals surface area contributed by atoms with Crippen molar-refractivity contribution in [2.45, 2.75) is 28.6 Å². The largest absolute Gasteiger partial charge is 0.497 e. The minimum absolute atomic E-state index is 0.171. The first-order valence-corrected chi connectivity index (χ1v) is 14.1. The Morgan fingerprint density at radius 2 is 1.83 bits per heavy atom. The summed E-state index contributed by atoms with van der Waals surface area (Å²) in [5.74, 6) is 0.704. The molecule has 3 heterocycles. The summed E-state index contributed by atoms with van der Waals surface area (Å²) < 4.78 is 94.0. The van der Waals surface area contributed by atoms with E-state index in [1.807, 2.05) is 37.3 Å². The number of rotatable bonds is 6. The number of fused-ring (bicyclic) bond motifs is 2. The van der Waals surface area contributed by atoms with Crippen LogP contribution in [0.25, 0.3) is 21.2 Å². The molecular formula is C21H18F3N3O5S3. The highest BCUT2D eigenvalue weighted by Gasteiger charge is 2.56. The first kappa shape index (κ1) is 24.0. The van der Waals surface area contributed by atoms with Crippen molar-refractivity contribution in [1.29, 1.82) is 0 Å². The molecule has 1 aliphatic rings. The van der Waals surface area contributed by atoms with Crippen molar-refractivity contribution < 1.29 is 34.4 Å². The summed E-state index contributed by atoms with van der Waals surface area (Å²) in [5, 5.41) is 2.91. The van der Waals surface area contributed by atoms with Crippen LogP contribution in [0.4, 0.5) is 18.3 Å². The van der Waals surface area contributed by atoms with Gasteiger partial charge in [0.2, 0.25) is 10.0 Å². The number of alkyl halides is 3. The maximum Gasteiger partial charge on any atom is 0.497 e. The van der Waals surface area contributed by atoms with E-state index in [9.17, 15) is 30.0 Å². The number of thiazole rings is 1. The van der Waals surface area contributed by atoms with Crippen LogP contribution in [-0.4, -0.2) is 50.0 Å². The summed E-state index contributed by atoms with van der Waals surface area (Å²) in [6.07, 6.45) is 0.